The lowest BCUT2D eigenvalue weighted by atomic mass is 9.76. The molecule has 1 unspecified atom stereocenters. The zero-order valence-electron chi connectivity index (χ0n) is 12.6. The molecule has 1 aliphatic carbocycles. The summed E-state index contributed by atoms with van der Waals surface area (Å²) in [5, 5.41) is 4.60. The van der Waals surface area contributed by atoms with Crippen molar-refractivity contribution in [3.63, 3.8) is 0 Å². The van der Waals surface area contributed by atoms with Crippen LogP contribution in [0.5, 0.6) is 0 Å². The lowest BCUT2D eigenvalue weighted by Gasteiger charge is -2.36. The van der Waals surface area contributed by atoms with Gasteiger partial charge >= 0.3 is 0 Å². The summed E-state index contributed by atoms with van der Waals surface area (Å²) in [6.45, 7) is 9.89. The molecule has 1 nitrogen and oxygen atoms in total. The molecule has 1 saturated carbocycles. The molecular weight excluding hydrogens is 254 g/mol. The maximum atomic E-state index is 6.53. The number of benzene rings is 1. The molecule has 2 rings (SSSR count). The number of nitrogens with one attached hydrogen (secondary N) is 1. The van der Waals surface area contributed by atoms with Crippen molar-refractivity contribution >= 4 is 11.6 Å². The second-order valence-electron chi connectivity index (χ2n) is 6.31. The Hall–Kier alpha value is -0.530. The molecule has 2 heteroatoms. The highest BCUT2D eigenvalue weighted by Gasteiger charge is 2.38. The highest BCUT2D eigenvalue weighted by molar-refractivity contribution is 6.31. The van der Waals surface area contributed by atoms with E-state index < -0.39 is 0 Å². The summed E-state index contributed by atoms with van der Waals surface area (Å²) in [5.41, 5.74) is 4.25. The van der Waals surface area contributed by atoms with Crippen molar-refractivity contribution in [2.24, 2.45) is 5.41 Å². The van der Waals surface area contributed by atoms with Gasteiger partial charge in [0.25, 0.3) is 0 Å². The van der Waals surface area contributed by atoms with E-state index in [4.69, 9.17) is 11.6 Å². The number of hydrogen-bond donors (Lipinski definition) is 1. The Kier molecular flexibility index (Phi) is 4.58. The summed E-state index contributed by atoms with van der Waals surface area (Å²) < 4.78 is 0. The van der Waals surface area contributed by atoms with Gasteiger partial charge in [0.2, 0.25) is 0 Å². The normalized spacial score (nSPS) is 19.6. The van der Waals surface area contributed by atoms with Crippen molar-refractivity contribution in [3.8, 4) is 0 Å². The van der Waals surface area contributed by atoms with Gasteiger partial charge in [0, 0.05) is 11.1 Å². The lowest BCUT2D eigenvalue weighted by Crippen LogP contribution is -2.34. The minimum Gasteiger partial charge on any atom is -0.310 e. The summed E-state index contributed by atoms with van der Waals surface area (Å²) >= 11 is 6.53. The highest BCUT2D eigenvalue weighted by Crippen LogP contribution is 2.48. The molecule has 0 heterocycles. The smallest absolute Gasteiger partial charge is 0.0456 e. The minimum atomic E-state index is 0.349. The van der Waals surface area contributed by atoms with Crippen LogP contribution in [-0.2, 0) is 0 Å². The average molecular weight is 280 g/mol. The first-order chi connectivity index (χ1) is 8.98. The van der Waals surface area contributed by atoms with Gasteiger partial charge in [0.05, 0.1) is 0 Å². The van der Waals surface area contributed by atoms with Gasteiger partial charge in [-0.25, -0.2) is 0 Å². The summed E-state index contributed by atoms with van der Waals surface area (Å²) in [7, 11) is 0. The van der Waals surface area contributed by atoms with E-state index in [-0.39, 0.29) is 0 Å². The van der Waals surface area contributed by atoms with E-state index in [2.05, 4.69) is 45.1 Å². The number of halogens is 1. The van der Waals surface area contributed by atoms with Crippen molar-refractivity contribution in [1.29, 1.82) is 0 Å². The largest absolute Gasteiger partial charge is 0.310 e. The standard InChI is InChI=1S/C17H26ClN/c1-5-19-16(17(4)8-6-7-9-17)14-10-12(2)13(3)11-15(14)18/h10-11,16,19H,5-9H2,1-4H3. The first-order valence-electron chi connectivity index (χ1n) is 7.48. The minimum absolute atomic E-state index is 0.349. The zero-order chi connectivity index (χ0) is 14.0. The predicted octanol–water partition coefficient (Wildman–Crippen LogP) is 5.19. The average Bonchev–Trinajstić information content (AvgIpc) is 2.79. The van der Waals surface area contributed by atoms with Crippen LogP contribution in [-0.4, -0.2) is 6.54 Å². The highest BCUT2D eigenvalue weighted by atomic mass is 35.5. The van der Waals surface area contributed by atoms with Gasteiger partial charge < -0.3 is 5.32 Å². The first-order valence-corrected chi connectivity index (χ1v) is 7.86. The topological polar surface area (TPSA) is 12.0 Å². The number of rotatable bonds is 4. The molecule has 0 amide bonds. The van der Waals surface area contributed by atoms with E-state index in [0.717, 1.165) is 11.6 Å². The number of hydrogen-bond acceptors (Lipinski definition) is 1. The van der Waals surface area contributed by atoms with Crippen LogP contribution < -0.4 is 5.32 Å². The summed E-state index contributed by atoms with van der Waals surface area (Å²) in [6.07, 6.45) is 5.30. The van der Waals surface area contributed by atoms with Crippen LogP contribution in [0.2, 0.25) is 5.02 Å². The Morgan fingerprint density at radius 2 is 1.79 bits per heavy atom. The summed E-state index contributed by atoms with van der Waals surface area (Å²) in [4.78, 5) is 0. The Labute approximate surface area is 122 Å². The molecule has 1 atom stereocenters. The summed E-state index contributed by atoms with van der Waals surface area (Å²) in [5.74, 6) is 0. The van der Waals surface area contributed by atoms with Gasteiger partial charge in [-0.2, -0.15) is 0 Å². The molecule has 0 aromatic heterocycles. The van der Waals surface area contributed by atoms with Crippen LogP contribution in [0, 0.1) is 19.3 Å². The molecule has 0 spiro atoms. The Morgan fingerprint density at radius 1 is 1.21 bits per heavy atom. The molecule has 106 valence electrons. The fourth-order valence-electron chi connectivity index (χ4n) is 3.43. The van der Waals surface area contributed by atoms with Crippen LogP contribution in [0.3, 0.4) is 0 Å². The van der Waals surface area contributed by atoms with Gasteiger partial charge in [0.1, 0.15) is 0 Å². The second-order valence-corrected chi connectivity index (χ2v) is 6.72. The van der Waals surface area contributed by atoms with Gasteiger partial charge in [-0.3, -0.25) is 0 Å². The van der Waals surface area contributed by atoms with Crippen LogP contribution >= 0.6 is 11.6 Å². The van der Waals surface area contributed by atoms with E-state index in [1.54, 1.807) is 0 Å². The van der Waals surface area contributed by atoms with E-state index in [9.17, 15) is 0 Å². The van der Waals surface area contributed by atoms with Gasteiger partial charge in [0.15, 0.2) is 0 Å². The first kappa shape index (κ1) is 14.9. The molecule has 0 aliphatic heterocycles. The Morgan fingerprint density at radius 3 is 2.37 bits per heavy atom. The lowest BCUT2D eigenvalue weighted by molar-refractivity contribution is 0.226. The molecule has 0 saturated heterocycles. The fraction of sp³-hybridized carbons (Fsp3) is 0.647. The maximum absolute atomic E-state index is 6.53. The Bertz CT molecular complexity index is 447. The van der Waals surface area contributed by atoms with E-state index >= 15 is 0 Å². The molecule has 1 aromatic carbocycles. The van der Waals surface area contributed by atoms with Crippen molar-refractivity contribution in [1.82, 2.24) is 5.32 Å². The fourth-order valence-corrected chi connectivity index (χ4v) is 3.76. The van der Waals surface area contributed by atoms with E-state index in [1.165, 1.54) is 42.4 Å². The monoisotopic (exact) mass is 279 g/mol. The van der Waals surface area contributed by atoms with Crippen molar-refractivity contribution in [3.05, 3.63) is 33.8 Å². The van der Waals surface area contributed by atoms with Crippen molar-refractivity contribution in [2.45, 2.75) is 59.4 Å². The SMILES string of the molecule is CCNC(c1cc(C)c(C)cc1Cl)C1(C)CCCC1. The molecule has 1 aliphatic rings. The second kappa shape index (κ2) is 5.85. The van der Waals surface area contributed by atoms with E-state index in [1.807, 2.05) is 0 Å². The third-order valence-electron chi connectivity index (χ3n) is 4.77. The van der Waals surface area contributed by atoms with Gasteiger partial charge in [-0.05, 0) is 61.4 Å². The van der Waals surface area contributed by atoms with Crippen LogP contribution in [0.4, 0.5) is 0 Å². The van der Waals surface area contributed by atoms with Crippen LogP contribution in [0.1, 0.15) is 62.3 Å². The summed E-state index contributed by atoms with van der Waals surface area (Å²) in [6, 6.07) is 4.79. The molecular formula is C17H26ClN. The molecule has 1 fully saturated rings. The van der Waals surface area contributed by atoms with E-state index in [0.29, 0.717) is 11.5 Å². The molecule has 0 radical (unpaired) electrons. The van der Waals surface area contributed by atoms with Gasteiger partial charge in [-0.15, -0.1) is 0 Å². The molecule has 1 N–H and O–H groups in total. The quantitative estimate of drug-likeness (QED) is 0.800. The molecule has 0 bridgehead atoms. The molecule has 19 heavy (non-hydrogen) atoms. The molecule has 1 aromatic rings. The third-order valence-corrected chi connectivity index (χ3v) is 5.10. The van der Waals surface area contributed by atoms with Crippen molar-refractivity contribution in [2.75, 3.05) is 6.54 Å². The van der Waals surface area contributed by atoms with Gasteiger partial charge in [-0.1, -0.05) is 44.4 Å². The zero-order valence-corrected chi connectivity index (χ0v) is 13.4. The van der Waals surface area contributed by atoms with Crippen LogP contribution in [0.25, 0.3) is 0 Å². The van der Waals surface area contributed by atoms with Crippen molar-refractivity contribution < 1.29 is 0 Å². The maximum Gasteiger partial charge on any atom is 0.0456 e. The predicted molar refractivity (Wildman–Crippen MR) is 83.9 cm³/mol. The number of aryl methyl sites for hydroxylation is 2. The third kappa shape index (κ3) is 2.98. The van der Waals surface area contributed by atoms with Crippen LogP contribution in [0.15, 0.2) is 12.1 Å². The Balaban J connectivity index is 2.41.